The fourth-order valence-corrected chi connectivity index (χ4v) is 2.17. The van der Waals surface area contributed by atoms with Crippen molar-refractivity contribution in [2.24, 2.45) is 5.14 Å². The van der Waals surface area contributed by atoms with E-state index in [0.29, 0.717) is 0 Å². The quantitative estimate of drug-likeness (QED) is 0.943. The van der Waals surface area contributed by atoms with Gasteiger partial charge < -0.3 is 4.74 Å². The second kappa shape index (κ2) is 5.34. The average molecular weight is 318 g/mol. The summed E-state index contributed by atoms with van der Waals surface area (Å²) in [6.07, 6.45) is -3.46. The molecule has 1 heterocycles. The van der Waals surface area contributed by atoms with Crippen LogP contribution in [0.3, 0.4) is 0 Å². The van der Waals surface area contributed by atoms with Crippen LogP contribution in [0.15, 0.2) is 47.5 Å². The van der Waals surface area contributed by atoms with Crippen LogP contribution in [-0.4, -0.2) is 13.4 Å². The van der Waals surface area contributed by atoms with Crippen LogP contribution >= 0.6 is 0 Å². The maximum absolute atomic E-state index is 12.8. The van der Waals surface area contributed by atoms with Gasteiger partial charge in [-0.25, -0.2) is 18.5 Å². The zero-order chi connectivity index (χ0) is 15.7. The first-order valence-electron chi connectivity index (χ1n) is 5.51. The zero-order valence-corrected chi connectivity index (χ0v) is 11.1. The third-order valence-corrected chi connectivity index (χ3v) is 3.37. The van der Waals surface area contributed by atoms with E-state index in [1.54, 1.807) is 0 Å². The molecule has 21 heavy (non-hydrogen) atoms. The Morgan fingerprint density at radius 3 is 2.38 bits per heavy atom. The van der Waals surface area contributed by atoms with Crippen LogP contribution in [0.2, 0.25) is 0 Å². The number of hydrogen-bond donors (Lipinski definition) is 1. The summed E-state index contributed by atoms with van der Waals surface area (Å²) in [7, 11) is -4.17. The molecule has 9 heteroatoms. The molecule has 0 aliphatic carbocycles. The fraction of sp³-hybridized carbons (Fsp3) is 0.0833. The molecular formula is C12H9F3N2O3S. The SMILES string of the molecule is NS(=O)(=O)c1cccnc1Oc1ccccc1C(F)(F)F. The first kappa shape index (κ1) is 15.3. The van der Waals surface area contributed by atoms with Crippen LogP contribution in [0.4, 0.5) is 13.2 Å². The number of hydrogen-bond acceptors (Lipinski definition) is 4. The molecule has 0 radical (unpaired) electrons. The van der Waals surface area contributed by atoms with Gasteiger partial charge in [0.25, 0.3) is 0 Å². The second-order valence-electron chi connectivity index (χ2n) is 3.95. The largest absolute Gasteiger partial charge is 0.437 e. The number of pyridine rings is 1. The molecule has 0 atom stereocenters. The van der Waals surface area contributed by atoms with E-state index < -0.39 is 38.3 Å². The van der Waals surface area contributed by atoms with Crippen molar-refractivity contribution < 1.29 is 26.3 Å². The van der Waals surface area contributed by atoms with E-state index in [1.807, 2.05) is 0 Å². The molecule has 0 saturated heterocycles. The van der Waals surface area contributed by atoms with E-state index >= 15 is 0 Å². The summed E-state index contributed by atoms with van der Waals surface area (Å²) in [6, 6.07) is 6.76. The molecule has 0 aliphatic heterocycles. The van der Waals surface area contributed by atoms with Gasteiger partial charge in [0, 0.05) is 6.20 Å². The molecule has 0 unspecified atom stereocenters. The number of sulfonamides is 1. The molecule has 112 valence electrons. The topological polar surface area (TPSA) is 82.3 Å². The lowest BCUT2D eigenvalue weighted by atomic mass is 10.2. The lowest BCUT2D eigenvalue weighted by Crippen LogP contribution is -2.14. The second-order valence-corrected chi connectivity index (χ2v) is 5.48. The number of ether oxygens (including phenoxy) is 1. The summed E-state index contributed by atoms with van der Waals surface area (Å²) in [5, 5.41) is 4.97. The van der Waals surface area contributed by atoms with Crippen LogP contribution in [0.1, 0.15) is 5.56 Å². The Kier molecular flexibility index (Phi) is 3.88. The Hall–Kier alpha value is -2.13. The molecule has 0 bridgehead atoms. The van der Waals surface area contributed by atoms with Gasteiger partial charge in [0.2, 0.25) is 15.9 Å². The minimum absolute atomic E-state index is 0.498. The molecular weight excluding hydrogens is 309 g/mol. The van der Waals surface area contributed by atoms with E-state index in [9.17, 15) is 21.6 Å². The van der Waals surface area contributed by atoms with Gasteiger partial charge in [-0.1, -0.05) is 12.1 Å². The first-order chi connectivity index (χ1) is 9.69. The van der Waals surface area contributed by atoms with Gasteiger partial charge in [-0.2, -0.15) is 13.2 Å². The zero-order valence-electron chi connectivity index (χ0n) is 10.3. The van der Waals surface area contributed by atoms with Crippen molar-refractivity contribution >= 4 is 10.0 Å². The van der Waals surface area contributed by atoms with Crippen molar-refractivity contribution in [3.8, 4) is 11.6 Å². The Labute approximate surface area is 118 Å². The lowest BCUT2D eigenvalue weighted by Gasteiger charge is -2.14. The van der Waals surface area contributed by atoms with Crippen LogP contribution in [0.25, 0.3) is 0 Å². The number of para-hydroxylation sites is 1. The van der Waals surface area contributed by atoms with Crippen molar-refractivity contribution in [2.45, 2.75) is 11.1 Å². The predicted octanol–water partition coefficient (Wildman–Crippen LogP) is 2.54. The van der Waals surface area contributed by atoms with Crippen LogP contribution in [-0.2, 0) is 16.2 Å². The van der Waals surface area contributed by atoms with E-state index in [1.165, 1.54) is 24.4 Å². The lowest BCUT2D eigenvalue weighted by molar-refractivity contribution is -0.138. The standard InChI is InChI=1S/C12H9F3N2O3S/c13-12(14,15)8-4-1-2-5-9(8)20-11-10(21(16,18)19)6-3-7-17-11/h1-7H,(H2,16,18,19). The van der Waals surface area contributed by atoms with Crippen molar-refractivity contribution in [3.05, 3.63) is 48.2 Å². The number of aromatic nitrogens is 1. The van der Waals surface area contributed by atoms with Crippen molar-refractivity contribution in [3.63, 3.8) is 0 Å². The molecule has 0 aliphatic rings. The van der Waals surface area contributed by atoms with Crippen molar-refractivity contribution in [1.82, 2.24) is 4.98 Å². The van der Waals surface area contributed by atoms with Crippen LogP contribution < -0.4 is 9.88 Å². The highest BCUT2D eigenvalue weighted by molar-refractivity contribution is 7.89. The van der Waals surface area contributed by atoms with Gasteiger partial charge in [-0.3, -0.25) is 0 Å². The molecule has 1 aromatic heterocycles. The molecule has 2 aromatic rings. The molecule has 5 nitrogen and oxygen atoms in total. The third kappa shape index (κ3) is 3.50. The molecule has 0 fully saturated rings. The average Bonchev–Trinajstić information content (AvgIpc) is 2.37. The van der Waals surface area contributed by atoms with E-state index in [2.05, 4.69) is 4.98 Å². The number of alkyl halides is 3. The van der Waals surface area contributed by atoms with Gasteiger partial charge >= 0.3 is 6.18 Å². The summed E-state index contributed by atoms with van der Waals surface area (Å²) < 4.78 is 66.3. The van der Waals surface area contributed by atoms with E-state index in [4.69, 9.17) is 9.88 Å². The molecule has 0 amide bonds. The number of rotatable bonds is 3. The van der Waals surface area contributed by atoms with E-state index in [0.717, 1.165) is 18.2 Å². The minimum Gasteiger partial charge on any atom is -0.437 e. The summed E-state index contributed by atoms with van der Waals surface area (Å²) >= 11 is 0. The fourth-order valence-electron chi connectivity index (χ4n) is 1.56. The molecule has 0 spiro atoms. The van der Waals surface area contributed by atoms with Crippen molar-refractivity contribution in [2.75, 3.05) is 0 Å². The summed E-state index contributed by atoms with van der Waals surface area (Å²) in [6.45, 7) is 0. The Morgan fingerprint density at radius 1 is 1.10 bits per heavy atom. The van der Waals surface area contributed by atoms with Gasteiger partial charge in [0.05, 0.1) is 5.56 Å². The molecule has 2 rings (SSSR count). The summed E-state index contributed by atoms with van der Waals surface area (Å²) in [5.41, 5.74) is -1.05. The summed E-state index contributed by atoms with van der Waals surface area (Å²) in [4.78, 5) is 3.12. The maximum atomic E-state index is 12.8. The minimum atomic E-state index is -4.65. The van der Waals surface area contributed by atoms with Gasteiger partial charge in [-0.15, -0.1) is 0 Å². The van der Waals surface area contributed by atoms with Crippen LogP contribution in [0, 0.1) is 0 Å². The van der Waals surface area contributed by atoms with Gasteiger partial charge in [0.15, 0.2) is 0 Å². The van der Waals surface area contributed by atoms with Gasteiger partial charge in [-0.05, 0) is 24.3 Å². The number of halogens is 3. The smallest absolute Gasteiger partial charge is 0.419 e. The Bertz CT molecular complexity index is 760. The van der Waals surface area contributed by atoms with E-state index in [-0.39, 0.29) is 0 Å². The molecule has 1 aromatic carbocycles. The number of nitrogens with zero attached hydrogens (tertiary/aromatic N) is 1. The monoisotopic (exact) mass is 318 g/mol. The first-order valence-corrected chi connectivity index (χ1v) is 7.06. The van der Waals surface area contributed by atoms with Crippen LogP contribution in [0.5, 0.6) is 11.6 Å². The van der Waals surface area contributed by atoms with Crippen molar-refractivity contribution in [1.29, 1.82) is 0 Å². The maximum Gasteiger partial charge on any atom is 0.419 e. The number of nitrogens with two attached hydrogens (primary N) is 1. The highest BCUT2D eigenvalue weighted by Crippen LogP contribution is 2.38. The highest BCUT2D eigenvalue weighted by atomic mass is 32.2. The third-order valence-electron chi connectivity index (χ3n) is 2.44. The molecule has 2 N–H and O–H groups in total. The van der Waals surface area contributed by atoms with Gasteiger partial charge in [0.1, 0.15) is 10.6 Å². The summed E-state index contributed by atoms with van der Waals surface area (Å²) in [5.74, 6) is -1.08. The Morgan fingerprint density at radius 2 is 1.76 bits per heavy atom. The number of primary sulfonamides is 1. The predicted molar refractivity (Wildman–Crippen MR) is 67.1 cm³/mol. The Balaban J connectivity index is 2.50. The highest BCUT2D eigenvalue weighted by Gasteiger charge is 2.34. The number of benzene rings is 1. The molecule has 0 saturated carbocycles. The normalized spacial score (nSPS) is 12.2.